The van der Waals surface area contributed by atoms with Crippen LogP contribution in [0.4, 0.5) is 10.5 Å². The van der Waals surface area contributed by atoms with Crippen LogP contribution < -0.4 is 20.7 Å². The summed E-state index contributed by atoms with van der Waals surface area (Å²) in [7, 11) is 1.58. The highest BCUT2D eigenvalue weighted by Gasteiger charge is 2.33. The summed E-state index contributed by atoms with van der Waals surface area (Å²) in [5, 5.41) is 18.3. The van der Waals surface area contributed by atoms with Gasteiger partial charge in [0.25, 0.3) is 0 Å². The number of ether oxygens (including phenoxy) is 2. The quantitative estimate of drug-likeness (QED) is 0.567. The summed E-state index contributed by atoms with van der Waals surface area (Å²) < 4.78 is 11.0. The molecule has 1 saturated heterocycles. The molecule has 1 aliphatic heterocycles. The number of aliphatic hydroxyl groups is 1. The van der Waals surface area contributed by atoms with Crippen LogP contribution in [0.1, 0.15) is 38.5 Å². The molecule has 3 amide bonds. The van der Waals surface area contributed by atoms with Gasteiger partial charge >= 0.3 is 6.03 Å². The van der Waals surface area contributed by atoms with E-state index in [1.54, 1.807) is 31.4 Å². The molecular formula is C20H29N3O5. The molecule has 3 rings (SSSR count). The normalized spacial score (nSPS) is 24.7. The van der Waals surface area contributed by atoms with Crippen molar-refractivity contribution >= 4 is 17.6 Å². The van der Waals surface area contributed by atoms with Crippen molar-refractivity contribution in [3.63, 3.8) is 0 Å². The molecule has 0 radical (unpaired) electrons. The van der Waals surface area contributed by atoms with Crippen LogP contribution in [0.2, 0.25) is 0 Å². The van der Waals surface area contributed by atoms with Crippen LogP contribution in [0.5, 0.6) is 5.75 Å². The van der Waals surface area contributed by atoms with E-state index in [2.05, 4.69) is 16.0 Å². The van der Waals surface area contributed by atoms with Crippen LogP contribution in [0.25, 0.3) is 0 Å². The molecule has 8 nitrogen and oxygen atoms in total. The maximum Gasteiger partial charge on any atom is 0.319 e. The van der Waals surface area contributed by atoms with E-state index in [-0.39, 0.29) is 37.1 Å². The third-order valence-corrected chi connectivity index (χ3v) is 5.34. The first-order valence-electron chi connectivity index (χ1n) is 9.84. The van der Waals surface area contributed by atoms with Crippen LogP contribution in [-0.2, 0) is 9.53 Å². The molecule has 1 aliphatic carbocycles. The molecule has 1 heterocycles. The molecule has 1 aromatic carbocycles. The van der Waals surface area contributed by atoms with Crippen molar-refractivity contribution in [1.82, 2.24) is 10.6 Å². The number of anilines is 1. The summed E-state index contributed by atoms with van der Waals surface area (Å²) in [4.78, 5) is 24.3. The number of amides is 3. The summed E-state index contributed by atoms with van der Waals surface area (Å²) in [5.74, 6) is 0.703. The van der Waals surface area contributed by atoms with Gasteiger partial charge in [0.2, 0.25) is 5.91 Å². The van der Waals surface area contributed by atoms with Crippen molar-refractivity contribution in [3.8, 4) is 5.75 Å². The Morgan fingerprint density at radius 2 is 1.89 bits per heavy atom. The van der Waals surface area contributed by atoms with Crippen molar-refractivity contribution in [2.24, 2.45) is 0 Å². The number of carbonyl (C=O) groups is 2. The van der Waals surface area contributed by atoms with Gasteiger partial charge in [0.05, 0.1) is 32.3 Å². The SMILES string of the molecule is COc1ccc(NC(=O)N[C@H]2CC[C@H](CC(=O)NC3CCC3)O[C@@H]2CO)cc1. The Morgan fingerprint density at radius 1 is 1.14 bits per heavy atom. The minimum absolute atomic E-state index is 0.00459. The number of rotatable bonds is 7. The zero-order chi connectivity index (χ0) is 19.9. The highest BCUT2D eigenvalue weighted by molar-refractivity contribution is 5.89. The summed E-state index contributed by atoms with van der Waals surface area (Å²) in [6, 6.07) is 6.64. The lowest BCUT2D eigenvalue weighted by atomic mass is 9.92. The minimum atomic E-state index is -0.531. The summed E-state index contributed by atoms with van der Waals surface area (Å²) in [5.41, 5.74) is 0.640. The Balaban J connectivity index is 1.45. The van der Waals surface area contributed by atoms with E-state index in [0.717, 1.165) is 12.8 Å². The molecular weight excluding hydrogens is 362 g/mol. The first kappa shape index (κ1) is 20.4. The van der Waals surface area contributed by atoms with Crippen LogP contribution in [0, 0.1) is 0 Å². The number of aliphatic hydroxyl groups excluding tert-OH is 1. The van der Waals surface area contributed by atoms with E-state index in [0.29, 0.717) is 30.3 Å². The fraction of sp³-hybridized carbons (Fsp3) is 0.600. The number of hydrogen-bond acceptors (Lipinski definition) is 5. The lowest BCUT2D eigenvalue weighted by Crippen LogP contribution is -2.52. The topological polar surface area (TPSA) is 109 Å². The maximum absolute atomic E-state index is 12.3. The summed E-state index contributed by atoms with van der Waals surface area (Å²) in [6.07, 6.45) is 4.08. The smallest absolute Gasteiger partial charge is 0.319 e. The molecule has 3 atom stereocenters. The molecule has 2 fully saturated rings. The number of carbonyl (C=O) groups excluding carboxylic acids is 2. The highest BCUT2D eigenvalue weighted by atomic mass is 16.5. The lowest BCUT2D eigenvalue weighted by molar-refractivity contribution is -0.131. The fourth-order valence-electron chi connectivity index (χ4n) is 3.50. The Hall–Kier alpha value is -2.32. The molecule has 4 N–H and O–H groups in total. The molecule has 0 spiro atoms. The second-order valence-electron chi connectivity index (χ2n) is 7.39. The molecule has 28 heavy (non-hydrogen) atoms. The van der Waals surface area contributed by atoms with Gasteiger partial charge in [-0.1, -0.05) is 0 Å². The number of nitrogens with one attached hydrogen (secondary N) is 3. The second kappa shape index (κ2) is 9.75. The number of methoxy groups -OCH3 is 1. The van der Waals surface area contributed by atoms with Crippen molar-refractivity contribution in [1.29, 1.82) is 0 Å². The predicted octanol–water partition coefficient (Wildman–Crippen LogP) is 1.78. The van der Waals surface area contributed by atoms with Gasteiger partial charge in [0.15, 0.2) is 0 Å². The van der Waals surface area contributed by atoms with Crippen LogP contribution >= 0.6 is 0 Å². The predicted molar refractivity (Wildman–Crippen MR) is 104 cm³/mol. The summed E-state index contributed by atoms with van der Waals surface area (Å²) >= 11 is 0. The molecule has 0 unspecified atom stereocenters. The Morgan fingerprint density at radius 3 is 2.50 bits per heavy atom. The Bertz CT molecular complexity index is 662. The molecule has 1 saturated carbocycles. The van der Waals surface area contributed by atoms with E-state index in [1.807, 2.05) is 0 Å². The van der Waals surface area contributed by atoms with Crippen LogP contribution in [0.15, 0.2) is 24.3 Å². The Kier molecular flexibility index (Phi) is 7.11. The fourth-order valence-corrected chi connectivity index (χ4v) is 3.50. The molecule has 154 valence electrons. The standard InChI is InChI=1S/C20H29N3O5/c1-27-15-7-5-14(6-8-15)22-20(26)23-17-10-9-16(28-18(17)12-24)11-19(25)21-13-3-2-4-13/h5-8,13,16-18,24H,2-4,9-12H2,1H3,(H,21,25)(H2,22,23,26)/t16-,17+,18-/m1/s1. The van der Waals surface area contributed by atoms with E-state index in [9.17, 15) is 14.7 Å². The van der Waals surface area contributed by atoms with Gasteiger partial charge in [-0.2, -0.15) is 0 Å². The second-order valence-corrected chi connectivity index (χ2v) is 7.39. The van der Waals surface area contributed by atoms with Crippen molar-refractivity contribution in [2.45, 2.75) is 62.8 Å². The average Bonchev–Trinajstić information content (AvgIpc) is 2.66. The molecule has 0 bridgehead atoms. The Labute approximate surface area is 165 Å². The van der Waals surface area contributed by atoms with E-state index < -0.39 is 6.10 Å². The van der Waals surface area contributed by atoms with Gasteiger partial charge in [0.1, 0.15) is 11.9 Å². The van der Waals surface area contributed by atoms with E-state index in [1.165, 1.54) is 6.42 Å². The third-order valence-electron chi connectivity index (χ3n) is 5.34. The number of benzene rings is 1. The number of urea groups is 1. The number of hydrogen-bond donors (Lipinski definition) is 4. The van der Waals surface area contributed by atoms with Crippen LogP contribution in [-0.4, -0.2) is 55.1 Å². The van der Waals surface area contributed by atoms with Crippen molar-refractivity contribution < 1.29 is 24.2 Å². The summed E-state index contributed by atoms with van der Waals surface area (Å²) in [6.45, 7) is -0.214. The zero-order valence-electron chi connectivity index (χ0n) is 16.1. The van der Waals surface area contributed by atoms with Gasteiger partial charge in [-0.05, 0) is 56.4 Å². The lowest BCUT2D eigenvalue weighted by Gasteiger charge is -2.36. The van der Waals surface area contributed by atoms with Gasteiger partial charge < -0.3 is 30.5 Å². The van der Waals surface area contributed by atoms with E-state index >= 15 is 0 Å². The van der Waals surface area contributed by atoms with Gasteiger partial charge in [0, 0.05) is 11.7 Å². The third kappa shape index (κ3) is 5.59. The molecule has 0 aromatic heterocycles. The first-order valence-corrected chi connectivity index (χ1v) is 9.84. The maximum atomic E-state index is 12.3. The van der Waals surface area contributed by atoms with Crippen molar-refractivity contribution in [2.75, 3.05) is 19.0 Å². The monoisotopic (exact) mass is 391 g/mol. The minimum Gasteiger partial charge on any atom is -0.497 e. The zero-order valence-corrected chi connectivity index (χ0v) is 16.1. The average molecular weight is 391 g/mol. The van der Waals surface area contributed by atoms with Crippen LogP contribution in [0.3, 0.4) is 0 Å². The largest absolute Gasteiger partial charge is 0.497 e. The van der Waals surface area contributed by atoms with Gasteiger partial charge in [-0.3, -0.25) is 4.79 Å². The van der Waals surface area contributed by atoms with Gasteiger partial charge in [-0.15, -0.1) is 0 Å². The highest BCUT2D eigenvalue weighted by Crippen LogP contribution is 2.23. The van der Waals surface area contributed by atoms with E-state index in [4.69, 9.17) is 9.47 Å². The van der Waals surface area contributed by atoms with Gasteiger partial charge in [-0.25, -0.2) is 4.79 Å². The van der Waals surface area contributed by atoms with Crippen molar-refractivity contribution in [3.05, 3.63) is 24.3 Å². The molecule has 2 aliphatic rings. The molecule has 1 aromatic rings. The molecule has 8 heteroatoms. The first-order chi connectivity index (χ1) is 13.6.